The number of benzene rings is 1. The number of nitrogens with zero attached hydrogens (tertiary/aromatic N) is 2. The summed E-state index contributed by atoms with van der Waals surface area (Å²) < 4.78 is 0. The van der Waals surface area contributed by atoms with Crippen LogP contribution in [0, 0.1) is 16.0 Å². The highest BCUT2D eigenvalue weighted by Gasteiger charge is 2.30. The van der Waals surface area contributed by atoms with E-state index in [1.54, 1.807) is 12.1 Å². The second-order valence-corrected chi connectivity index (χ2v) is 5.74. The van der Waals surface area contributed by atoms with Crippen molar-refractivity contribution in [3.8, 4) is 0 Å². The topological polar surface area (TPSA) is 75.7 Å². The quantitative estimate of drug-likeness (QED) is 0.515. The summed E-state index contributed by atoms with van der Waals surface area (Å²) in [5, 5.41) is 23.7. The van der Waals surface area contributed by atoms with E-state index >= 15 is 0 Å². The SMILES string of the molecule is O=[N+]([O-])c1cccc(C2=C(C3CCCC3)CCC2=NO)c1. The molecule has 21 heavy (non-hydrogen) atoms. The van der Waals surface area contributed by atoms with E-state index in [1.165, 1.54) is 37.3 Å². The molecule has 2 aliphatic rings. The Kier molecular flexibility index (Phi) is 3.73. The van der Waals surface area contributed by atoms with Crippen LogP contribution in [0.25, 0.3) is 5.57 Å². The molecule has 5 heteroatoms. The number of allylic oxidation sites excluding steroid dienone is 2. The van der Waals surface area contributed by atoms with Crippen LogP contribution in [0.4, 0.5) is 5.69 Å². The first-order valence-electron chi connectivity index (χ1n) is 7.40. The molecule has 0 atom stereocenters. The largest absolute Gasteiger partial charge is 0.411 e. The lowest BCUT2D eigenvalue weighted by Crippen LogP contribution is -2.02. The molecule has 0 aromatic heterocycles. The predicted octanol–water partition coefficient (Wildman–Crippen LogP) is 4.16. The normalized spacial score (nSPS) is 21.4. The molecule has 3 rings (SSSR count). The highest BCUT2D eigenvalue weighted by atomic mass is 16.6. The monoisotopic (exact) mass is 286 g/mol. The van der Waals surface area contributed by atoms with Crippen molar-refractivity contribution in [2.75, 3.05) is 0 Å². The molecule has 5 nitrogen and oxygen atoms in total. The van der Waals surface area contributed by atoms with Crippen molar-refractivity contribution in [1.29, 1.82) is 0 Å². The van der Waals surface area contributed by atoms with Gasteiger partial charge >= 0.3 is 0 Å². The second-order valence-electron chi connectivity index (χ2n) is 5.74. The summed E-state index contributed by atoms with van der Waals surface area (Å²) in [6.45, 7) is 0. The minimum absolute atomic E-state index is 0.0787. The van der Waals surface area contributed by atoms with Gasteiger partial charge in [-0.05, 0) is 37.2 Å². The lowest BCUT2D eigenvalue weighted by Gasteiger charge is -2.14. The maximum absolute atomic E-state index is 11.0. The van der Waals surface area contributed by atoms with Gasteiger partial charge in [0.25, 0.3) is 5.69 Å². The molecule has 1 fully saturated rings. The van der Waals surface area contributed by atoms with E-state index in [4.69, 9.17) is 0 Å². The van der Waals surface area contributed by atoms with Crippen LogP contribution in [0.1, 0.15) is 44.1 Å². The third kappa shape index (κ3) is 2.55. The number of nitro benzene ring substituents is 1. The summed E-state index contributed by atoms with van der Waals surface area (Å²) in [4.78, 5) is 10.6. The Bertz CT molecular complexity index is 628. The van der Waals surface area contributed by atoms with Gasteiger partial charge in [-0.1, -0.05) is 35.7 Å². The van der Waals surface area contributed by atoms with Crippen molar-refractivity contribution in [3.05, 3.63) is 45.5 Å². The number of non-ortho nitro benzene ring substituents is 1. The molecule has 0 saturated heterocycles. The number of rotatable bonds is 3. The van der Waals surface area contributed by atoms with Crippen molar-refractivity contribution < 1.29 is 10.1 Å². The Hall–Kier alpha value is -2.17. The lowest BCUT2D eigenvalue weighted by atomic mass is 9.91. The van der Waals surface area contributed by atoms with Crippen LogP contribution in [0.5, 0.6) is 0 Å². The molecule has 1 aromatic rings. The molecule has 0 unspecified atom stereocenters. The Balaban J connectivity index is 2.08. The first kappa shape index (κ1) is 13.8. The van der Waals surface area contributed by atoms with Gasteiger partial charge in [-0.25, -0.2) is 0 Å². The van der Waals surface area contributed by atoms with Gasteiger partial charge in [-0.3, -0.25) is 10.1 Å². The number of oxime groups is 1. The highest BCUT2D eigenvalue weighted by molar-refractivity contribution is 6.26. The highest BCUT2D eigenvalue weighted by Crippen LogP contribution is 2.42. The molecule has 1 saturated carbocycles. The number of hydrogen-bond donors (Lipinski definition) is 1. The lowest BCUT2D eigenvalue weighted by molar-refractivity contribution is -0.384. The van der Waals surface area contributed by atoms with Crippen molar-refractivity contribution in [1.82, 2.24) is 0 Å². The third-order valence-electron chi connectivity index (χ3n) is 4.56. The second kappa shape index (κ2) is 5.68. The standard InChI is InChI=1S/C16H18N2O3/c19-17-15-9-8-14(11-4-1-2-5-11)16(15)12-6-3-7-13(10-12)18(20)21/h3,6-7,10-11,19H,1-2,4-5,8-9H2. The average Bonchev–Trinajstić information content (AvgIpc) is 3.15. The third-order valence-corrected chi connectivity index (χ3v) is 4.56. The Morgan fingerprint density at radius 1 is 1.24 bits per heavy atom. The van der Waals surface area contributed by atoms with Gasteiger partial charge in [0, 0.05) is 17.7 Å². The van der Waals surface area contributed by atoms with Gasteiger partial charge < -0.3 is 5.21 Å². The molecule has 2 aliphatic carbocycles. The average molecular weight is 286 g/mol. The van der Waals surface area contributed by atoms with Crippen molar-refractivity contribution in [3.63, 3.8) is 0 Å². The molecular weight excluding hydrogens is 268 g/mol. The van der Waals surface area contributed by atoms with Crippen LogP contribution in [0.15, 0.2) is 35.0 Å². The van der Waals surface area contributed by atoms with Crippen LogP contribution >= 0.6 is 0 Å². The van der Waals surface area contributed by atoms with Gasteiger partial charge in [0.15, 0.2) is 0 Å². The van der Waals surface area contributed by atoms with E-state index in [-0.39, 0.29) is 10.6 Å². The zero-order valence-corrected chi connectivity index (χ0v) is 11.8. The molecule has 110 valence electrons. The fraction of sp³-hybridized carbons (Fsp3) is 0.438. The summed E-state index contributed by atoms with van der Waals surface area (Å²) >= 11 is 0. The van der Waals surface area contributed by atoms with Crippen molar-refractivity contribution >= 4 is 17.0 Å². The molecule has 0 aliphatic heterocycles. The molecule has 0 amide bonds. The van der Waals surface area contributed by atoms with E-state index < -0.39 is 0 Å². The Labute approximate surface area is 123 Å². The fourth-order valence-electron chi connectivity index (χ4n) is 3.60. The number of nitro groups is 1. The Morgan fingerprint density at radius 3 is 2.67 bits per heavy atom. The van der Waals surface area contributed by atoms with E-state index in [9.17, 15) is 15.3 Å². The van der Waals surface area contributed by atoms with Gasteiger partial charge in [0.1, 0.15) is 0 Å². The van der Waals surface area contributed by atoms with Gasteiger partial charge in [0.05, 0.1) is 10.6 Å². The van der Waals surface area contributed by atoms with Crippen molar-refractivity contribution in [2.45, 2.75) is 38.5 Å². The van der Waals surface area contributed by atoms with Crippen LogP contribution in [0.3, 0.4) is 0 Å². The van der Waals surface area contributed by atoms with Crippen LogP contribution in [0.2, 0.25) is 0 Å². The maximum atomic E-state index is 11.0. The first-order chi connectivity index (χ1) is 10.2. The predicted molar refractivity (Wildman–Crippen MR) is 80.4 cm³/mol. The zero-order chi connectivity index (χ0) is 14.8. The molecule has 0 bridgehead atoms. The van der Waals surface area contributed by atoms with Crippen LogP contribution in [-0.4, -0.2) is 15.8 Å². The van der Waals surface area contributed by atoms with E-state index in [0.717, 1.165) is 24.0 Å². The molecule has 0 spiro atoms. The maximum Gasteiger partial charge on any atom is 0.270 e. The van der Waals surface area contributed by atoms with E-state index in [1.807, 2.05) is 6.07 Å². The van der Waals surface area contributed by atoms with Gasteiger partial charge in [-0.2, -0.15) is 0 Å². The van der Waals surface area contributed by atoms with Crippen molar-refractivity contribution in [2.24, 2.45) is 11.1 Å². The van der Waals surface area contributed by atoms with E-state index in [2.05, 4.69) is 5.16 Å². The minimum Gasteiger partial charge on any atom is -0.411 e. The summed E-state index contributed by atoms with van der Waals surface area (Å²) in [5.74, 6) is 0.540. The smallest absolute Gasteiger partial charge is 0.270 e. The molecule has 1 N–H and O–H groups in total. The molecule has 1 aromatic carbocycles. The summed E-state index contributed by atoms with van der Waals surface area (Å²) in [7, 11) is 0. The van der Waals surface area contributed by atoms with Crippen LogP contribution in [-0.2, 0) is 0 Å². The molecule has 0 heterocycles. The minimum atomic E-state index is -0.385. The summed E-state index contributed by atoms with van der Waals surface area (Å²) in [5.41, 5.74) is 3.80. The first-order valence-corrected chi connectivity index (χ1v) is 7.40. The Morgan fingerprint density at radius 2 is 2.00 bits per heavy atom. The molecule has 0 radical (unpaired) electrons. The van der Waals surface area contributed by atoms with Gasteiger partial charge in [0.2, 0.25) is 0 Å². The van der Waals surface area contributed by atoms with E-state index in [0.29, 0.717) is 11.6 Å². The van der Waals surface area contributed by atoms with Gasteiger partial charge in [-0.15, -0.1) is 0 Å². The van der Waals surface area contributed by atoms with Crippen LogP contribution < -0.4 is 0 Å². The summed E-state index contributed by atoms with van der Waals surface area (Å²) in [6.07, 6.45) is 6.45. The summed E-state index contributed by atoms with van der Waals surface area (Å²) in [6, 6.07) is 6.64. The fourth-order valence-corrected chi connectivity index (χ4v) is 3.60. The molecular formula is C16H18N2O3. The number of hydrogen-bond acceptors (Lipinski definition) is 4. The zero-order valence-electron chi connectivity index (χ0n) is 11.8.